The molecular formula is C20H18BrN3O. The van der Waals surface area contributed by atoms with Gasteiger partial charge in [-0.3, -0.25) is 4.79 Å². The summed E-state index contributed by atoms with van der Waals surface area (Å²) in [7, 11) is 0. The van der Waals surface area contributed by atoms with E-state index in [9.17, 15) is 4.79 Å². The minimum absolute atomic E-state index is 0.141. The first-order valence-electron chi connectivity index (χ1n) is 8.37. The number of aryl methyl sites for hydroxylation is 1. The number of aromatic nitrogens is 2. The number of benzene rings is 2. The number of anilines is 1. The highest BCUT2D eigenvalue weighted by Crippen LogP contribution is 2.29. The lowest BCUT2D eigenvalue weighted by Gasteiger charge is -2.08. The van der Waals surface area contributed by atoms with E-state index in [4.69, 9.17) is 0 Å². The Balaban J connectivity index is 1.70. The molecule has 3 aromatic rings. The number of halogens is 1. The highest BCUT2D eigenvalue weighted by molar-refractivity contribution is 9.10. The van der Waals surface area contributed by atoms with Crippen LogP contribution in [0, 0.1) is 6.92 Å². The second-order valence-corrected chi connectivity index (χ2v) is 7.20. The largest absolute Gasteiger partial charge is 0.320 e. The molecule has 0 saturated carbocycles. The first kappa shape index (κ1) is 16.1. The number of nitrogens with one attached hydrogen (secondary N) is 1. The minimum Gasteiger partial charge on any atom is -0.320 e. The van der Waals surface area contributed by atoms with Crippen molar-refractivity contribution >= 4 is 27.5 Å². The molecular weight excluding hydrogens is 378 g/mol. The molecule has 1 aromatic heterocycles. The Hall–Kier alpha value is -2.40. The quantitative estimate of drug-likeness (QED) is 0.699. The van der Waals surface area contributed by atoms with Crippen LogP contribution in [0.2, 0.25) is 0 Å². The number of carbonyl (C=O) groups excluding carboxylic acids is 1. The zero-order valence-electron chi connectivity index (χ0n) is 13.9. The summed E-state index contributed by atoms with van der Waals surface area (Å²) in [4.78, 5) is 12.9. The van der Waals surface area contributed by atoms with E-state index in [2.05, 4.69) is 26.3 Å². The van der Waals surface area contributed by atoms with Gasteiger partial charge in [-0.05, 0) is 62.1 Å². The van der Waals surface area contributed by atoms with E-state index in [1.165, 1.54) is 0 Å². The van der Waals surface area contributed by atoms with Gasteiger partial charge in [0.05, 0.1) is 5.69 Å². The van der Waals surface area contributed by atoms with E-state index in [0.29, 0.717) is 5.69 Å². The highest BCUT2D eigenvalue weighted by atomic mass is 79.9. The maximum atomic E-state index is 12.9. The molecule has 0 atom stereocenters. The zero-order valence-corrected chi connectivity index (χ0v) is 15.5. The molecule has 126 valence electrons. The number of fused-ring (bicyclic) bond motifs is 1. The Morgan fingerprint density at radius 3 is 2.72 bits per heavy atom. The first-order chi connectivity index (χ1) is 12.1. The summed E-state index contributed by atoms with van der Waals surface area (Å²) in [6.07, 6.45) is 2.93. The monoisotopic (exact) mass is 395 g/mol. The van der Waals surface area contributed by atoms with Crippen LogP contribution in [0.4, 0.5) is 5.69 Å². The second kappa shape index (κ2) is 6.48. The fourth-order valence-corrected chi connectivity index (χ4v) is 3.83. The Morgan fingerprint density at radius 1 is 1.16 bits per heavy atom. The molecule has 1 amide bonds. The molecule has 4 rings (SSSR count). The van der Waals surface area contributed by atoms with Gasteiger partial charge in [-0.2, -0.15) is 5.10 Å². The molecule has 4 nitrogen and oxygen atoms in total. The van der Waals surface area contributed by atoms with Crippen LogP contribution in [0.3, 0.4) is 0 Å². The molecule has 0 spiro atoms. The van der Waals surface area contributed by atoms with E-state index in [1.807, 2.05) is 60.1 Å². The van der Waals surface area contributed by atoms with Crippen molar-refractivity contribution in [2.75, 3.05) is 5.32 Å². The van der Waals surface area contributed by atoms with E-state index in [-0.39, 0.29) is 5.91 Å². The molecule has 1 N–H and O–H groups in total. The summed E-state index contributed by atoms with van der Waals surface area (Å²) in [5.41, 5.74) is 5.61. The number of para-hydroxylation sites is 1. The van der Waals surface area contributed by atoms with Gasteiger partial charge in [-0.15, -0.1) is 0 Å². The predicted octanol–water partition coefficient (Wildman–Crippen LogP) is 4.68. The molecule has 0 bridgehead atoms. The van der Waals surface area contributed by atoms with Gasteiger partial charge in [0.25, 0.3) is 5.91 Å². The normalized spacial score (nSPS) is 12.9. The van der Waals surface area contributed by atoms with Crippen LogP contribution >= 0.6 is 15.9 Å². The van der Waals surface area contributed by atoms with Crippen molar-refractivity contribution in [2.24, 2.45) is 0 Å². The van der Waals surface area contributed by atoms with Gasteiger partial charge in [0.1, 0.15) is 0 Å². The molecule has 0 saturated heterocycles. The number of amides is 1. The van der Waals surface area contributed by atoms with Gasteiger partial charge in [-0.1, -0.05) is 34.1 Å². The van der Waals surface area contributed by atoms with Crippen LogP contribution in [0.15, 0.2) is 53.0 Å². The number of hydrogen-bond acceptors (Lipinski definition) is 2. The lowest BCUT2D eigenvalue weighted by atomic mass is 10.1. The van der Waals surface area contributed by atoms with Crippen LogP contribution in [-0.4, -0.2) is 15.7 Å². The summed E-state index contributed by atoms with van der Waals surface area (Å²) in [5, 5.41) is 7.65. The van der Waals surface area contributed by atoms with Crippen LogP contribution in [-0.2, 0) is 12.8 Å². The molecule has 0 aliphatic heterocycles. The topological polar surface area (TPSA) is 46.9 Å². The molecule has 0 unspecified atom stereocenters. The SMILES string of the molecule is Cc1cc(Br)ccc1NC(=O)c1nn(-c2ccccc2)c2c1CCC2. The lowest BCUT2D eigenvalue weighted by molar-refractivity contribution is 0.102. The van der Waals surface area contributed by atoms with Crippen molar-refractivity contribution in [1.29, 1.82) is 0 Å². The Kier molecular flexibility index (Phi) is 4.17. The summed E-state index contributed by atoms with van der Waals surface area (Å²) >= 11 is 3.45. The van der Waals surface area contributed by atoms with E-state index in [1.54, 1.807) is 0 Å². The molecule has 5 heteroatoms. The number of hydrogen-bond donors (Lipinski definition) is 1. The maximum Gasteiger partial charge on any atom is 0.276 e. The van der Waals surface area contributed by atoms with E-state index >= 15 is 0 Å². The number of rotatable bonds is 3. The van der Waals surface area contributed by atoms with Crippen molar-refractivity contribution in [3.8, 4) is 5.69 Å². The molecule has 0 fully saturated rings. The van der Waals surface area contributed by atoms with Crippen LogP contribution in [0.25, 0.3) is 5.69 Å². The third kappa shape index (κ3) is 3.00. The third-order valence-corrected chi connectivity index (χ3v) is 5.08. The first-order valence-corrected chi connectivity index (χ1v) is 9.16. The average molecular weight is 396 g/mol. The van der Waals surface area contributed by atoms with Crippen molar-refractivity contribution in [3.05, 3.63) is 75.5 Å². The molecule has 1 heterocycles. The third-order valence-electron chi connectivity index (χ3n) is 4.58. The van der Waals surface area contributed by atoms with Gasteiger partial charge < -0.3 is 5.32 Å². The van der Waals surface area contributed by atoms with Gasteiger partial charge in [0.2, 0.25) is 0 Å². The molecule has 1 aliphatic carbocycles. The summed E-state index contributed by atoms with van der Waals surface area (Å²) < 4.78 is 2.92. The van der Waals surface area contributed by atoms with Crippen LogP contribution in [0.5, 0.6) is 0 Å². The molecule has 1 aliphatic rings. The van der Waals surface area contributed by atoms with E-state index in [0.717, 1.165) is 51.9 Å². The van der Waals surface area contributed by atoms with Gasteiger partial charge in [-0.25, -0.2) is 4.68 Å². The van der Waals surface area contributed by atoms with Crippen molar-refractivity contribution in [3.63, 3.8) is 0 Å². The van der Waals surface area contributed by atoms with Crippen molar-refractivity contribution < 1.29 is 4.79 Å². The summed E-state index contributed by atoms with van der Waals surface area (Å²) in [6, 6.07) is 15.8. The van der Waals surface area contributed by atoms with Crippen molar-refractivity contribution in [1.82, 2.24) is 9.78 Å². The fraction of sp³-hybridized carbons (Fsp3) is 0.200. The summed E-state index contributed by atoms with van der Waals surface area (Å²) in [6.45, 7) is 1.98. The van der Waals surface area contributed by atoms with Gasteiger partial charge >= 0.3 is 0 Å². The van der Waals surface area contributed by atoms with E-state index < -0.39 is 0 Å². The molecule has 0 radical (unpaired) electrons. The Morgan fingerprint density at radius 2 is 1.96 bits per heavy atom. The fourth-order valence-electron chi connectivity index (χ4n) is 3.35. The summed E-state index contributed by atoms with van der Waals surface area (Å²) in [5.74, 6) is -0.141. The standard InChI is InChI=1S/C20H18BrN3O/c1-13-12-14(21)10-11-17(13)22-20(25)19-16-8-5-9-18(16)24(23-19)15-6-3-2-4-7-15/h2-4,6-7,10-12H,5,8-9H2,1H3,(H,22,25). The smallest absolute Gasteiger partial charge is 0.276 e. The predicted molar refractivity (Wildman–Crippen MR) is 102 cm³/mol. The Labute approximate surface area is 155 Å². The number of nitrogens with zero attached hydrogens (tertiary/aromatic N) is 2. The zero-order chi connectivity index (χ0) is 17.4. The van der Waals surface area contributed by atoms with Gasteiger partial charge in [0.15, 0.2) is 5.69 Å². The second-order valence-electron chi connectivity index (χ2n) is 6.29. The lowest BCUT2D eigenvalue weighted by Crippen LogP contribution is -2.15. The van der Waals surface area contributed by atoms with Crippen LogP contribution in [0.1, 0.15) is 33.7 Å². The average Bonchev–Trinajstić information content (AvgIpc) is 3.20. The molecule has 25 heavy (non-hydrogen) atoms. The Bertz CT molecular complexity index is 947. The minimum atomic E-state index is -0.141. The highest BCUT2D eigenvalue weighted by Gasteiger charge is 2.27. The van der Waals surface area contributed by atoms with Crippen molar-refractivity contribution in [2.45, 2.75) is 26.2 Å². The maximum absolute atomic E-state index is 12.9. The molecule has 2 aromatic carbocycles. The number of carbonyl (C=O) groups is 1. The van der Waals surface area contributed by atoms with Crippen LogP contribution < -0.4 is 5.32 Å². The van der Waals surface area contributed by atoms with Gasteiger partial charge in [0, 0.05) is 21.4 Å².